The quantitative estimate of drug-likeness (QED) is 0.770. The highest BCUT2D eigenvalue weighted by molar-refractivity contribution is 6.04. The number of nitrogens with one attached hydrogen (secondary N) is 1. The molecule has 1 N–H and O–H groups in total. The molecule has 0 atom stereocenters. The number of nitrogens with zero attached hydrogens (tertiary/aromatic N) is 2. The Balaban J connectivity index is 1.75. The molecule has 0 saturated carbocycles. The topological polar surface area (TPSA) is 46.9 Å². The predicted molar refractivity (Wildman–Crippen MR) is 87.2 cm³/mol. The molecule has 0 aliphatic rings. The largest absolute Gasteiger partial charge is 0.416 e. The average molecular weight is 345 g/mol. The number of rotatable bonds is 4. The highest BCUT2D eigenvalue weighted by Crippen LogP contribution is 2.29. The van der Waals surface area contributed by atoms with Crippen LogP contribution in [0.2, 0.25) is 0 Å². The molecule has 3 rings (SSSR count). The Hall–Kier alpha value is -3.09. The van der Waals surface area contributed by atoms with E-state index in [-0.39, 0.29) is 5.56 Å². The van der Waals surface area contributed by atoms with Crippen LogP contribution in [0.5, 0.6) is 0 Å². The van der Waals surface area contributed by atoms with Crippen LogP contribution in [0.4, 0.5) is 18.9 Å². The van der Waals surface area contributed by atoms with Crippen LogP contribution in [0, 0.1) is 0 Å². The van der Waals surface area contributed by atoms with Crippen molar-refractivity contribution in [2.75, 3.05) is 5.32 Å². The number of hydrogen-bond donors (Lipinski definition) is 1. The summed E-state index contributed by atoms with van der Waals surface area (Å²) in [6, 6.07) is 11.4. The van der Waals surface area contributed by atoms with E-state index in [1.807, 2.05) is 16.8 Å². The van der Waals surface area contributed by atoms with Gasteiger partial charge in [-0.1, -0.05) is 18.2 Å². The van der Waals surface area contributed by atoms with Gasteiger partial charge in [-0.05, 0) is 35.9 Å². The second-order valence-corrected chi connectivity index (χ2v) is 5.47. The molecule has 1 amide bonds. The van der Waals surface area contributed by atoms with Gasteiger partial charge in [-0.25, -0.2) is 4.98 Å². The van der Waals surface area contributed by atoms with E-state index in [1.54, 1.807) is 30.7 Å². The summed E-state index contributed by atoms with van der Waals surface area (Å²) in [7, 11) is 0. The van der Waals surface area contributed by atoms with Crippen LogP contribution >= 0.6 is 0 Å². The standard InChI is InChI=1S/C18H14F3N3O/c19-18(20,21)15-5-2-4-14(10-15)17(25)23-16-6-1-3-13(9-16)11-24-8-7-22-12-24/h1-10,12H,11H2,(H,23,25). The van der Waals surface area contributed by atoms with Crippen molar-refractivity contribution in [3.8, 4) is 0 Å². The van der Waals surface area contributed by atoms with Crippen LogP contribution in [-0.2, 0) is 12.7 Å². The molecule has 0 saturated heterocycles. The van der Waals surface area contributed by atoms with Gasteiger partial charge in [-0.3, -0.25) is 4.79 Å². The number of imidazole rings is 1. The maximum absolute atomic E-state index is 12.8. The van der Waals surface area contributed by atoms with Crippen molar-refractivity contribution in [2.45, 2.75) is 12.7 Å². The summed E-state index contributed by atoms with van der Waals surface area (Å²) in [6.07, 6.45) is 0.669. The van der Waals surface area contributed by atoms with Crippen LogP contribution < -0.4 is 5.32 Å². The Labute approximate surface area is 141 Å². The van der Waals surface area contributed by atoms with Crippen molar-refractivity contribution in [2.24, 2.45) is 0 Å². The van der Waals surface area contributed by atoms with Crippen molar-refractivity contribution in [1.82, 2.24) is 9.55 Å². The van der Waals surface area contributed by atoms with Gasteiger partial charge in [0, 0.05) is 30.2 Å². The minimum atomic E-state index is -4.49. The zero-order valence-electron chi connectivity index (χ0n) is 13.0. The molecule has 7 heteroatoms. The van der Waals surface area contributed by atoms with E-state index in [1.165, 1.54) is 12.1 Å². The van der Waals surface area contributed by atoms with Gasteiger partial charge >= 0.3 is 6.18 Å². The fourth-order valence-electron chi connectivity index (χ4n) is 2.38. The highest BCUT2D eigenvalue weighted by atomic mass is 19.4. The molecule has 3 aromatic rings. The maximum Gasteiger partial charge on any atom is 0.416 e. The SMILES string of the molecule is O=C(Nc1cccc(Cn2ccnc2)c1)c1cccc(C(F)(F)F)c1. The fraction of sp³-hybridized carbons (Fsp3) is 0.111. The second kappa shape index (κ2) is 6.80. The molecule has 0 fully saturated rings. The number of amides is 1. The number of halogens is 3. The first-order valence-corrected chi connectivity index (χ1v) is 7.45. The van der Waals surface area contributed by atoms with Gasteiger partial charge in [0.2, 0.25) is 0 Å². The molecule has 1 aromatic heterocycles. The molecule has 0 spiro atoms. The van der Waals surface area contributed by atoms with Gasteiger partial charge in [0.1, 0.15) is 0 Å². The first-order valence-electron chi connectivity index (χ1n) is 7.45. The average Bonchev–Trinajstić information content (AvgIpc) is 3.07. The van der Waals surface area contributed by atoms with Gasteiger partial charge in [0.15, 0.2) is 0 Å². The number of alkyl halides is 3. The van der Waals surface area contributed by atoms with Crippen molar-refractivity contribution in [1.29, 1.82) is 0 Å². The number of benzene rings is 2. The summed E-state index contributed by atoms with van der Waals surface area (Å²) in [4.78, 5) is 16.2. The van der Waals surface area contributed by atoms with E-state index in [0.717, 1.165) is 17.7 Å². The molecule has 128 valence electrons. The summed E-state index contributed by atoms with van der Waals surface area (Å²) < 4.78 is 40.1. The Morgan fingerprint density at radius 3 is 2.64 bits per heavy atom. The Kier molecular flexibility index (Phi) is 4.56. The molecule has 25 heavy (non-hydrogen) atoms. The summed E-state index contributed by atoms with van der Waals surface area (Å²) in [5.41, 5.74) is 0.545. The molecular weight excluding hydrogens is 331 g/mol. The summed E-state index contributed by atoms with van der Waals surface area (Å²) in [6.45, 7) is 0.577. The number of anilines is 1. The smallest absolute Gasteiger partial charge is 0.333 e. The Bertz CT molecular complexity index is 873. The van der Waals surface area contributed by atoms with Crippen molar-refractivity contribution >= 4 is 11.6 Å². The molecular formula is C18H14F3N3O. The lowest BCUT2D eigenvalue weighted by molar-refractivity contribution is -0.137. The number of carbonyl (C=O) groups excluding carboxylic acids is 1. The molecule has 2 aromatic carbocycles. The third-order valence-electron chi connectivity index (χ3n) is 3.56. The Morgan fingerprint density at radius 1 is 1.12 bits per heavy atom. The summed E-state index contributed by atoms with van der Waals surface area (Å²) in [5.74, 6) is -0.592. The maximum atomic E-state index is 12.8. The number of hydrogen-bond acceptors (Lipinski definition) is 2. The first kappa shape index (κ1) is 16.8. The van der Waals surface area contributed by atoms with Gasteiger partial charge in [0.05, 0.1) is 11.9 Å². The lowest BCUT2D eigenvalue weighted by atomic mass is 10.1. The third-order valence-corrected chi connectivity index (χ3v) is 3.56. The van der Waals surface area contributed by atoms with Crippen LogP contribution in [0.3, 0.4) is 0 Å². The lowest BCUT2D eigenvalue weighted by Gasteiger charge is -2.10. The van der Waals surface area contributed by atoms with Gasteiger partial charge < -0.3 is 9.88 Å². The zero-order valence-corrected chi connectivity index (χ0v) is 13.0. The molecule has 0 unspecified atom stereocenters. The van der Waals surface area contributed by atoms with E-state index in [9.17, 15) is 18.0 Å². The van der Waals surface area contributed by atoms with E-state index in [2.05, 4.69) is 10.3 Å². The van der Waals surface area contributed by atoms with Crippen molar-refractivity contribution in [3.63, 3.8) is 0 Å². The van der Waals surface area contributed by atoms with Crippen LogP contribution in [0.15, 0.2) is 67.3 Å². The monoisotopic (exact) mass is 345 g/mol. The van der Waals surface area contributed by atoms with E-state index < -0.39 is 17.6 Å². The van der Waals surface area contributed by atoms with Gasteiger partial charge in [-0.15, -0.1) is 0 Å². The highest BCUT2D eigenvalue weighted by Gasteiger charge is 2.30. The van der Waals surface area contributed by atoms with E-state index in [4.69, 9.17) is 0 Å². The van der Waals surface area contributed by atoms with Crippen molar-refractivity contribution in [3.05, 3.63) is 83.9 Å². The van der Waals surface area contributed by atoms with Gasteiger partial charge in [0.25, 0.3) is 5.91 Å². The Morgan fingerprint density at radius 2 is 1.92 bits per heavy atom. The lowest BCUT2D eigenvalue weighted by Crippen LogP contribution is -2.14. The second-order valence-electron chi connectivity index (χ2n) is 5.47. The molecule has 1 heterocycles. The van der Waals surface area contributed by atoms with Crippen LogP contribution in [-0.4, -0.2) is 15.5 Å². The number of carbonyl (C=O) groups is 1. The minimum Gasteiger partial charge on any atom is -0.333 e. The van der Waals surface area contributed by atoms with E-state index in [0.29, 0.717) is 12.2 Å². The predicted octanol–water partition coefficient (Wildman–Crippen LogP) is 4.20. The third kappa shape index (κ3) is 4.26. The summed E-state index contributed by atoms with van der Waals surface area (Å²) >= 11 is 0. The van der Waals surface area contributed by atoms with Gasteiger partial charge in [-0.2, -0.15) is 13.2 Å². The minimum absolute atomic E-state index is 0.0464. The van der Waals surface area contributed by atoms with Crippen LogP contribution in [0.1, 0.15) is 21.5 Å². The molecule has 0 aliphatic carbocycles. The summed E-state index contributed by atoms with van der Waals surface area (Å²) in [5, 5.41) is 2.63. The van der Waals surface area contributed by atoms with Crippen molar-refractivity contribution < 1.29 is 18.0 Å². The molecule has 0 aliphatic heterocycles. The van der Waals surface area contributed by atoms with E-state index >= 15 is 0 Å². The number of aromatic nitrogens is 2. The first-order chi connectivity index (χ1) is 11.9. The fourth-order valence-corrected chi connectivity index (χ4v) is 2.38. The normalized spacial score (nSPS) is 11.3. The molecule has 0 radical (unpaired) electrons. The molecule has 0 bridgehead atoms. The van der Waals surface area contributed by atoms with Crippen LogP contribution in [0.25, 0.3) is 0 Å². The zero-order chi connectivity index (χ0) is 17.9. The molecule has 4 nitrogen and oxygen atoms in total.